The largest absolute Gasteiger partial charge is 0.326 e. The van der Waals surface area contributed by atoms with Gasteiger partial charge in [-0.05, 0) is 36.2 Å². The van der Waals surface area contributed by atoms with Gasteiger partial charge in [-0.2, -0.15) is 0 Å². The molecular weight excluding hydrogens is 378 g/mol. The van der Waals surface area contributed by atoms with Gasteiger partial charge in [-0.25, -0.2) is 4.98 Å². The van der Waals surface area contributed by atoms with Crippen LogP contribution in [0.1, 0.15) is 18.2 Å². The summed E-state index contributed by atoms with van der Waals surface area (Å²) >= 11 is 7.42. The molecule has 0 saturated carbocycles. The predicted molar refractivity (Wildman–Crippen MR) is 112 cm³/mol. The van der Waals surface area contributed by atoms with Gasteiger partial charge >= 0.3 is 0 Å². The first-order chi connectivity index (χ1) is 13.1. The standard InChI is InChI=1S/C21H18ClN3OS/c1-2-14-3-5-15(6-4-14)19-12-25-18(13-27-21(25)24-19)11-20(26)23-17-9-7-16(22)8-10-17/h3-10,12-13H,2,11H2,1H3,(H,23,26). The minimum Gasteiger partial charge on any atom is -0.326 e. The van der Waals surface area contributed by atoms with Crippen molar-refractivity contribution in [2.45, 2.75) is 19.8 Å². The van der Waals surface area contributed by atoms with Crippen molar-refractivity contribution in [3.8, 4) is 11.3 Å². The maximum Gasteiger partial charge on any atom is 0.230 e. The van der Waals surface area contributed by atoms with Gasteiger partial charge in [0.25, 0.3) is 0 Å². The number of anilines is 1. The number of nitrogens with one attached hydrogen (secondary N) is 1. The van der Waals surface area contributed by atoms with Crippen molar-refractivity contribution < 1.29 is 4.79 Å². The van der Waals surface area contributed by atoms with Gasteiger partial charge in [-0.1, -0.05) is 42.8 Å². The van der Waals surface area contributed by atoms with E-state index in [1.165, 1.54) is 5.56 Å². The van der Waals surface area contributed by atoms with Crippen LogP contribution in [0.25, 0.3) is 16.2 Å². The lowest BCUT2D eigenvalue weighted by atomic mass is 10.1. The Bertz CT molecular complexity index is 1080. The molecule has 4 rings (SSSR count). The predicted octanol–water partition coefficient (Wildman–Crippen LogP) is 5.46. The van der Waals surface area contributed by atoms with Crippen molar-refractivity contribution in [1.29, 1.82) is 0 Å². The zero-order valence-electron chi connectivity index (χ0n) is 14.8. The Labute approximate surface area is 166 Å². The number of thiazole rings is 1. The summed E-state index contributed by atoms with van der Waals surface area (Å²) in [6, 6.07) is 15.5. The van der Waals surface area contributed by atoms with Crippen molar-refractivity contribution in [3.05, 3.63) is 76.4 Å². The number of aryl methyl sites for hydroxylation is 1. The van der Waals surface area contributed by atoms with Gasteiger partial charge in [0.15, 0.2) is 4.96 Å². The molecule has 6 heteroatoms. The molecule has 0 radical (unpaired) electrons. The number of imidazole rings is 1. The van der Waals surface area contributed by atoms with Crippen molar-refractivity contribution in [3.63, 3.8) is 0 Å². The van der Waals surface area contributed by atoms with E-state index in [1.807, 2.05) is 16.0 Å². The Morgan fingerprint density at radius 3 is 2.59 bits per heavy atom. The average Bonchev–Trinajstić information content (AvgIpc) is 3.26. The lowest BCUT2D eigenvalue weighted by molar-refractivity contribution is -0.115. The Hall–Kier alpha value is -2.63. The number of carbonyl (C=O) groups excluding carboxylic acids is 1. The monoisotopic (exact) mass is 395 g/mol. The summed E-state index contributed by atoms with van der Waals surface area (Å²) in [6.07, 6.45) is 3.30. The third-order valence-electron chi connectivity index (χ3n) is 4.41. The quantitative estimate of drug-likeness (QED) is 0.487. The van der Waals surface area contributed by atoms with Crippen LogP contribution in [0.4, 0.5) is 5.69 Å². The molecule has 0 aliphatic rings. The summed E-state index contributed by atoms with van der Waals surface area (Å²) in [4.78, 5) is 18.0. The molecule has 4 aromatic rings. The molecule has 1 amide bonds. The Balaban J connectivity index is 1.53. The molecule has 136 valence electrons. The summed E-state index contributed by atoms with van der Waals surface area (Å²) in [7, 11) is 0. The van der Waals surface area contributed by atoms with Crippen LogP contribution >= 0.6 is 22.9 Å². The molecule has 1 N–H and O–H groups in total. The number of nitrogens with zero attached hydrogens (tertiary/aromatic N) is 2. The van der Waals surface area contributed by atoms with E-state index >= 15 is 0 Å². The maximum atomic E-state index is 12.4. The first-order valence-electron chi connectivity index (χ1n) is 8.72. The van der Waals surface area contributed by atoms with Crippen LogP contribution in [0.3, 0.4) is 0 Å². The summed E-state index contributed by atoms with van der Waals surface area (Å²) in [5.74, 6) is -0.0698. The van der Waals surface area contributed by atoms with E-state index in [0.29, 0.717) is 5.02 Å². The third kappa shape index (κ3) is 3.89. The first-order valence-corrected chi connectivity index (χ1v) is 9.98. The number of fused-ring (bicyclic) bond motifs is 1. The number of amides is 1. The Morgan fingerprint density at radius 2 is 1.89 bits per heavy atom. The second kappa shape index (κ2) is 7.55. The molecule has 0 unspecified atom stereocenters. The Kier molecular flexibility index (Phi) is 4.97. The molecule has 4 nitrogen and oxygen atoms in total. The molecule has 0 fully saturated rings. The Morgan fingerprint density at radius 1 is 1.15 bits per heavy atom. The van der Waals surface area contributed by atoms with E-state index in [9.17, 15) is 4.79 Å². The van der Waals surface area contributed by atoms with E-state index < -0.39 is 0 Å². The van der Waals surface area contributed by atoms with E-state index in [-0.39, 0.29) is 12.3 Å². The molecule has 0 saturated heterocycles. The summed E-state index contributed by atoms with van der Waals surface area (Å²) in [6.45, 7) is 2.14. The number of halogens is 1. The zero-order chi connectivity index (χ0) is 18.8. The van der Waals surface area contributed by atoms with Gasteiger partial charge in [0, 0.05) is 33.5 Å². The van der Waals surface area contributed by atoms with Gasteiger partial charge in [-0.3, -0.25) is 9.20 Å². The summed E-state index contributed by atoms with van der Waals surface area (Å²) in [5.41, 5.74) is 4.96. The normalized spacial score (nSPS) is 11.0. The molecule has 0 aliphatic carbocycles. The fourth-order valence-corrected chi connectivity index (χ4v) is 3.91. The lowest BCUT2D eigenvalue weighted by Gasteiger charge is -2.05. The number of hydrogen-bond donors (Lipinski definition) is 1. The number of hydrogen-bond acceptors (Lipinski definition) is 3. The van der Waals surface area contributed by atoms with Gasteiger partial charge in [0.1, 0.15) is 0 Å². The molecule has 0 aliphatic heterocycles. The van der Waals surface area contributed by atoms with Crippen molar-refractivity contribution >= 4 is 39.5 Å². The highest BCUT2D eigenvalue weighted by Gasteiger charge is 2.13. The molecule has 0 bridgehead atoms. The minimum atomic E-state index is -0.0698. The lowest BCUT2D eigenvalue weighted by Crippen LogP contribution is -2.15. The third-order valence-corrected chi connectivity index (χ3v) is 5.55. The van der Waals surface area contributed by atoms with Gasteiger partial charge in [-0.15, -0.1) is 11.3 Å². The molecule has 27 heavy (non-hydrogen) atoms. The van der Waals surface area contributed by atoms with E-state index in [1.54, 1.807) is 35.6 Å². The summed E-state index contributed by atoms with van der Waals surface area (Å²) in [5, 5.41) is 5.52. The van der Waals surface area contributed by atoms with E-state index in [2.05, 4.69) is 36.5 Å². The smallest absolute Gasteiger partial charge is 0.230 e. The van der Waals surface area contributed by atoms with Crippen LogP contribution in [0, 0.1) is 0 Å². The topological polar surface area (TPSA) is 46.4 Å². The molecule has 2 heterocycles. The highest BCUT2D eigenvalue weighted by Crippen LogP contribution is 2.24. The van der Waals surface area contributed by atoms with E-state index in [0.717, 1.165) is 34.0 Å². The molecule has 2 aromatic heterocycles. The second-order valence-corrected chi connectivity index (χ2v) is 7.56. The molecule has 2 aromatic carbocycles. The molecular formula is C21H18ClN3OS. The highest BCUT2D eigenvalue weighted by molar-refractivity contribution is 7.15. The molecule has 0 spiro atoms. The first kappa shape index (κ1) is 17.8. The number of aromatic nitrogens is 2. The van der Waals surface area contributed by atoms with Crippen molar-refractivity contribution in [1.82, 2.24) is 9.38 Å². The number of carbonyl (C=O) groups is 1. The van der Waals surface area contributed by atoms with Crippen LogP contribution in [0.2, 0.25) is 5.02 Å². The van der Waals surface area contributed by atoms with E-state index in [4.69, 9.17) is 16.6 Å². The second-order valence-electron chi connectivity index (χ2n) is 6.29. The van der Waals surface area contributed by atoms with Crippen LogP contribution in [-0.4, -0.2) is 15.3 Å². The van der Waals surface area contributed by atoms with Crippen LogP contribution < -0.4 is 5.32 Å². The number of rotatable bonds is 5. The van der Waals surface area contributed by atoms with Crippen LogP contribution in [0.5, 0.6) is 0 Å². The van der Waals surface area contributed by atoms with Crippen molar-refractivity contribution in [2.75, 3.05) is 5.32 Å². The molecule has 0 atom stereocenters. The fraction of sp³-hybridized carbons (Fsp3) is 0.143. The van der Waals surface area contributed by atoms with Gasteiger partial charge in [0.05, 0.1) is 12.1 Å². The SMILES string of the molecule is CCc1ccc(-c2cn3c(CC(=O)Nc4ccc(Cl)cc4)csc3n2)cc1. The summed E-state index contributed by atoms with van der Waals surface area (Å²) < 4.78 is 2.00. The fourth-order valence-electron chi connectivity index (χ4n) is 2.91. The van der Waals surface area contributed by atoms with Crippen LogP contribution in [-0.2, 0) is 17.6 Å². The maximum absolute atomic E-state index is 12.4. The van der Waals surface area contributed by atoms with Gasteiger partial charge < -0.3 is 5.32 Å². The minimum absolute atomic E-state index is 0.0698. The van der Waals surface area contributed by atoms with Crippen molar-refractivity contribution in [2.24, 2.45) is 0 Å². The number of benzene rings is 2. The van der Waals surface area contributed by atoms with Crippen LogP contribution in [0.15, 0.2) is 60.1 Å². The zero-order valence-corrected chi connectivity index (χ0v) is 16.3. The van der Waals surface area contributed by atoms with Gasteiger partial charge in [0.2, 0.25) is 5.91 Å². The average molecular weight is 396 g/mol. The highest BCUT2D eigenvalue weighted by atomic mass is 35.5.